The number of nitrogens with zero attached hydrogens (tertiary/aromatic N) is 1. The van der Waals surface area contributed by atoms with Crippen molar-refractivity contribution < 1.29 is 14.3 Å². The fourth-order valence-electron chi connectivity index (χ4n) is 4.75. The molecule has 20 heavy (non-hydrogen) atoms. The summed E-state index contributed by atoms with van der Waals surface area (Å²) in [6.45, 7) is 2.39. The van der Waals surface area contributed by atoms with E-state index in [2.05, 4.69) is 17.0 Å². The minimum Gasteiger partial charge on any atom is -0.454 e. The van der Waals surface area contributed by atoms with Crippen LogP contribution in [0.15, 0.2) is 12.1 Å². The molecule has 1 aromatic carbocycles. The molecule has 0 spiro atoms. The second-order valence-corrected chi connectivity index (χ2v) is 6.50. The molecule has 1 saturated heterocycles. The highest BCUT2D eigenvalue weighted by Gasteiger charge is 2.54. The maximum absolute atomic E-state index is 11.9. The fraction of sp³-hybridized carbons (Fsp3) is 0.562. The molecule has 5 rings (SSSR count). The van der Waals surface area contributed by atoms with Gasteiger partial charge in [0.2, 0.25) is 6.79 Å². The first kappa shape index (κ1) is 11.1. The van der Waals surface area contributed by atoms with E-state index >= 15 is 0 Å². The molecular formula is C16H17NO3. The van der Waals surface area contributed by atoms with E-state index in [0.29, 0.717) is 18.6 Å². The van der Waals surface area contributed by atoms with Crippen molar-refractivity contribution in [2.45, 2.75) is 43.7 Å². The Labute approximate surface area is 117 Å². The van der Waals surface area contributed by atoms with Crippen LogP contribution >= 0.6 is 0 Å². The molecule has 2 fully saturated rings. The summed E-state index contributed by atoms with van der Waals surface area (Å²) in [7, 11) is 0. The number of Topliss-reactive ketones (excluding diaryl/α,β-unsaturated/α-hetero) is 1. The Kier molecular flexibility index (Phi) is 1.98. The lowest BCUT2D eigenvalue weighted by Gasteiger charge is -2.46. The van der Waals surface area contributed by atoms with Gasteiger partial charge in [0.1, 0.15) is 5.78 Å². The normalized spacial score (nSPS) is 36.7. The van der Waals surface area contributed by atoms with Gasteiger partial charge in [0.25, 0.3) is 0 Å². The molecule has 2 bridgehead atoms. The van der Waals surface area contributed by atoms with Crippen molar-refractivity contribution in [1.82, 2.24) is 4.90 Å². The van der Waals surface area contributed by atoms with Crippen LogP contribution in [-0.4, -0.2) is 30.1 Å². The van der Waals surface area contributed by atoms with Crippen molar-refractivity contribution in [3.05, 3.63) is 23.3 Å². The highest BCUT2D eigenvalue weighted by atomic mass is 16.7. The average molecular weight is 271 g/mol. The first-order chi connectivity index (χ1) is 9.76. The Bertz CT molecular complexity index is 626. The highest BCUT2D eigenvalue weighted by Crippen LogP contribution is 2.54. The van der Waals surface area contributed by atoms with Gasteiger partial charge < -0.3 is 9.47 Å². The average Bonchev–Trinajstić information content (AvgIpc) is 3.00. The van der Waals surface area contributed by atoms with Gasteiger partial charge in [-0.3, -0.25) is 9.69 Å². The van der Waals surface area contributed by atoms with Crippen molar-refractivity contribution in [3.8, 4) is 11.5 Å². The molecule has 0 N–H and O–H groups in total. The van der Waals surface area contributed by atoms with Crippen molar-refractivity contribution in [1.29, 1.82) is 0 Å². The second-order valence-electron chi connectivity index (χ2n) is 6.50. The zero-order valence-corrected chi connectivity index (χ0v) is 11.4. The van der Waals surface area contributed by atoms with Crippen molar-refractivity contribution in [3.63, 3.8) is 0 Å². The summed E-state index contributed by atoms with van der Waals surface area (Å²) in [5, 5.41) is 0. The molecule has 0 aromatic heterocycles. The molecule has 4 aliphatic rings. The molecule has 0 radical (unpaired) electrons. The van der Waals surface area contributed by atoms with Gasteiger partial charge >= 0.3 is 0 Å². The predicted molar refractivity (Wildman–Crippen MR) is 71.9 cm³/mol. The molecule has 4 nitrogen and oxygen atoms in total. The molecule has 0 amide bonds. The summed E-state index contributed by atoms with van der Waals surface area (Å²) in [5.74, 6) is 2.20. The van der Waals surface area contributed by atoms with E-state index in [9.17, 15) is 4.79 Å². The Morgan fingerprint density at radius 1 is 1.20 bits per heavy atom. The number of carbonyl (C=O) groups excluding carboxylic acids is 1. The van der Waals surface area contributed by atoms with E-state index in [1.165, 1.54) is 17.5 Å². The molecule has 1 aliphatic carbocycles. The molecule has 3 heterocycles. The fourth-order valence-corrected chi connectivity index (χ4v) is 4.75. The number of ether oxygens (including phenoxy) is 2. The summed E-state index contributed by atoms with van der Waals surface area (Å²) in [6.07, 6.45) is 3.64. The molecule has 104 valence electrons. The van der Waals surface area contributed by atoms with E-state index in [4.69, 9.17) is 9.47 Å². The summed E-state index contributed by atoms with van der Waals surface area (Å²) in [4.78, 5) is 14.4. The number of ketones is 1. The van der Waals surface area contributed by atoms with Crippen LogP contribution < -0.4 is 9.47 Å². The zero-order valence-electron chi connectivity index (χ0n) is 11.4. The largest absolute Gasteiger partial charge is 0.454 e. The Hall–Kier alpha value is -1.55. The molecule has 1 unspecified atom stereocenters. The predicted octanol–water partition coefficient (Wildman–Crippen LogP) is 1.99. The first-order valence-electron chi connectivity index (χ1n) is 7.45. The molecule has 4 heteroatoms. The zero-order chi connectivity index (χ0) is 13.3. The quantitative estimate of drug-likeness (QED) is 0.723. The van der Waals surface area contributed by atoms with Crippen LogP contribution in [0.4, 0.5) is 0 Å². The first-order valence-corrected chi connectivity index (χ1v) is 7.45. The maximum atomic E-state index is 11.9. The van der Waals surface area contributed by atoms with Crippen LogP contribution in [0.5, 0.6) is 11.5 Å². The Morgan fingerprint density at radius 2 is 2.05 bits per heavy atom. The van der Waals surface area contributed by atoms with E-state index in [-0.39, 0.29) is 5.41 Å². The SMILES string of the molecule is O=C1CC[C@@]23CCN(Cc4cc5c(cc42)OCO5)[C@@H]3C1. The molecule has 1 aromatic rings. The Balaban J connectivity index is 1.70. The minimum atomic E-state index is 0.183. The van der Waals surface area contributed by atoms with Crippen LogP contribution in [0.3, 0.4) is 0 Å². The third kappa shape index (κ3) is 1.23. The van der Waals surface area contributed by atoms with Gasteiger partial charge in [-0.1, -0.05) is 0 Å². The third-order valence-electron chi connectivity index (χ3n) is 5.70. The molecular weight excluding hydrogens is 254 g/mol. The summed E-state index contributed by atoms with van der Waals surface area (Å²) in [6, 6.07) is 4.77. The van der Waals surface area contributed by atoms with E-state index in [1.807, 2.05) is 0 Å². The smallest absolute Gasteiger partial charge is 0.231 e. The summed E-state index contributed by atoms with van der Waals surface area (Å²) < 4.78 is 11.1. The summed E-state index contributed by atoms with van der Waals surface area (Å²) in [5.41, 5.74) is 2.98. The number of fused-ring (bicyclic) bond motifs is 2. The monoisotopic (exact) mass is 271 g/mol. The maximum Gasteiger partial charge on any atom is 0.231 e. The van der Waals surface area contributed by atoms with Gasteiger partial charge in [0, 0.05) is 30.8 Å². The van der Waals surface area contributed by atoms with Gasteiger partial charge in [0.15, 0.2) is 11.5 Å². The van der Waals surface area contributed by atoms with Crippen LogP contribution in [0, 0.1) is 0 Å². The van der Waals surface area contributed by atoms with Gasteiger partial charge in [0.05, 0.1) is 0 Å². The van der Waals surface area contributed by atoms with Crippen molar-refractivity contribution >= 4 is 5.78 Å². The number of carbonyl (C=O) groups is 1. The number of hydrogen-bond acceptors (Lipinski definition) is 4. The van der Waals surface area contributed by atoms with Gasteiger partial charge in [-0.2, -0.15) is 0 Å². The van der Waals surface area contributed by atoms with Crippen LogP contribution in [0.2, 0.25) is 0 Å². The molecule has 3 aliphatic heterocycles. The number of rotatable bonds is 0. The van der Waals surface area contributed by atoms with Crippen LogP contribution in [-0.2, 0) is 16.8 Å². The highest BCUT2D eigenvalue weighted by molar-refractivity contribution is 5.81. The van der Waals surface area contributed by atoms with E-state index in [1.54, 1.807) is 0 Å². The lowest BCUT2D eigenvalue weighted by molar-refractivity contribution is -0.123. The van der Waals surface area contributed by atoms with Gasteiger partial charge in [-0.05, 0) is 42.6 Å². The van der Waals surface area contributed by atoms with Gasteiger partial charge in [-0.25, -0.2) is 0 Å². The molecule has 3 atom stereocenters. The lowest BCUT2D eigenvalue weighted by atomic mass is 9.63. The summed E-state index contributed by atoms with van der Waals surface area (Å²) >= 11 is 0. The third-order valence-corrected chi connectivity index (χ3v) is 5.70. The lowest BCUT2D eigenvalue weighted by Crippen LogP contribution is -2.50. The number of hydrogen-bond donors (Lipinski definition) is 0. The van der Waals surface area contributed by atoms with E-state index in [0.717, 1.165) is 43.9 Å². The van der Waals surface area contributed by atoms with Gasteiger partial charge in [-0.15, -0.1) is 0 Å². The standard InChI is InChI=1S/C16H17NO3/c18-11-1-2-16-3-4-17(15(16)6-11)8-10-5-13-14(7-12(10)16)20-9-19-13/h5,7,15H,1-4,6,8-9H2/t15-,16-/m1/s1. The second kappa shape index (κ2) is 3.55. The Morgan fingerprint density at radius 3 is 2.95 bits per heavy atom. The van der Waals surface area contributed by atoms with Crippen LogP contribution in [0.25, 0.3) is 0 Å². The molecule has 1 saturated carbocycles. The topological polar surface area (TPSA) is 38.8 Å². The van der Waals surface area contributed by atoms with Crippen molar-refractivity contribution in [2.75, 3.05) is 13.3 Å². The van der Waals surface area contributed by atoms with Crippen molar-refractivity contribution in [2.24, 2.45) is 0 Å². The van der Waals surface area contributed by atoms with Crippen LogP contribution in [0.1, 0.15) is 36.8 Å². The van der Waals surface area contributed by atoms with E-state index < -0.39 is 0 Å². The number of benzene rings is 1. The minimum absolute atomic E-state index is 0.183.